The van der Waals surface area contributed by atoms with Crippen molar-refractivity contribution in [3.63, 3.8) is 0 Å². The number of allylic oxidation sites excluding steroid dienone is 8. The van der Waals surface area contributed by atoms with Gasteiger partial charge in [0.15, 0.2) is 0 Å². The zero-order valence-electron chi connectivity index (χ0n) is 20.8. The van der Waals surface area contributed by atoms with E-state index in [9.17, 15) is 4.79 Å². The molecule has 0 aliphatic heterocycles. The molecule has 0 aliphatic rings. The Kier molecular flexibility index (Phi) is 14.9. The molecule has 32 heavy (non-hydrogen) atoms. The topological polar surface area (TPSA) is 26.3 Å². The van der Waals surface area contributed by atoms with Gasteiger partial charge in [-0.25, -0.2) is 0 Å². The fraction of sp³-hybridized carbons (Fsp3) is 0.500. The molecule has 1 rings (SSSR count). The lowest BCUT2D eigenvalue weighted by molar-refractivity contribution is -0.134. The molecule has 0 saturated carbocycles. The lowest BCUT2D eigenvalue weighted by atomic mass is 9.86. The third-order valence-electron chi connectivity index (χ3n) is 5.13. The number of hydrogen-bond donors (Lipinski definition) is 0. The van der Waals surface area contributed by atoms with Gasteiger partial charge in [-0.05, 0) is 56.4 Å². The van der Waals surface area contributed by atoms with Crippen molar-refractivity contribution in [3.8, 4) is 5.75 Å². The van der Waals surface area contributed by atoms with Crippen LogP contribution >= 0.6 is 0 Å². The minimum atomic E-state index is -0.155. The first kappa shape index (κ1) is 27.7. The monoisotopic (exact) mass is 436 g/mol. The van der Waals surface area contributed by atoms with Crippen molar-refractivity contribution < 1.29 is 9.53 Å². The van der Waals surface area contributed by atoms with E-state index in [4.69, 9.17) is 4.74 Å². The Morgan fingerprint density at radius 1 is 0.781 bits per heavy atom. The number of unbranched alkanes of at least 4 members (excludes halogenated alkanes) is 4. The van der Waals surface area contributed by atoms with Crippen molar-refractivity contribution in [1.29, 1.82) is 0 Å². The normalized spacial score (nSPS) is 12.6. The molecular weight excluding hydrogens is 392 g/mol. The fourth-order valence-corrected chi connectivity index (χ4v) is 3.27. The molecule has 0 unspecified atom stereocenters. The zero-order chi connectivity index (χ0) is 23.5. The Labute approximate surface area is 197 Å². The van der Waals surface area contributed by atoms with E-state index in [2.05, 4.69) is 76.3 Å². The number of esters is 1. The van der Waals surface area contributed by atoms with Gasteiger partial charge in [-0.1, -0.05) is 107 Å². The molecule has 0 fully saturated rings. The Morgan fingerprint density at radius 3 is 1.88 bits per heavy atom. The molecule has 0 amide bonds. The molecule has 1 aromatic carbocycles. The van der Waals surface area contributed by atoms with Gasteiger partial charge in [0.2, 0.25) is 0 Å². The van der Waals surface area contributed by atoms with Crippen LogP contribution in [-0.4, -0.2) is 5.97 Å². The quantitative estimate of drug-likeness (QED) is 0.119. The van der Waals surface area contributed by atoms with E-state index in [-0.39, 0.29) is 11.4 Å². The molecule has 0 bridgehead atoms. The largest absolute Gasteiger partial charge is 0.426 e. The van der Waals surface area contributed by atoms with Gasteiger partial charge in [0.1, 0.15) is 5.75 Å². The van der Waals surface area contributed by atoms with Crippen LogP contribution in [0.25, 0.3) is 0 Å². The van der Waals surface area contributed by atoms with Crippen LogP contribution in [0, 0.1) is 0 Å². The molecule has 0 spiro atoms. The van der Waals surface area contributed by atoms with Gasteiger partial charge in [0.05, 0.1) is 0 Å². The van der Waals surface area contributed by atoms with E-state index in [0.717, 1.165) is 37.7 Å². The second kappa shape index (κ2) is 17.2. The van der Waals surface area contributed by atoms with Crippen molar-refractivity contribution in [2.45, 2.75) is 97.3 Å². The van der Waals surface area contributed by atoms with E-state index >= 15 is 0 Å². The standard InChI is InChI=1S/C30H44O2/c1-5-6-7-8-9-10-11-12-13-14-15-16-17-18-19-20-21-26-29(31)32-28-25-23-22-24-27(28)30(2,3)4/h9-10,12-13,15-16,18-19,22-25H,5-8,11,14,17,20-21,26H2,1-4H3/b10-9-,13-12-,16-15-,19-18-. The average molecular weight is 437 g/mol. The van der Waals surface area contributed by atoms with Crippen LogP contribution in [0.2, 0.25) is 0 Å². The zero-order valence-corrected chi connectivity index (χ0v) is 20.8. The van der Waals surface area contributed by atoms with Crippen molar-refractivity contribution in [1.82, 2.24) is 0 Å². The number of carbonyl (C=O) groups excluding carboxylic acids is 1. The van der Waals surface area contributed by atoms with Crippen LogP contribution in [-0.2, 0) is 10.2 Å². The molecule has 0 saturated heterocycles. The maximum atomic E-state index is 12.2. The van der Waals surface area contributed by atoms with Crippen LogP contribution in [0.3, 0.4) is 0 Å². The Bertz CT molecular complexity index is 744. The number of benzene rings is 1. The summed E-state index contributed by atoms with van der Waals surface area (Å²) >= 11 is 0. The number of para-hydroxylation sites is 1. The first-order chi connectivity index (χ1) is 15.4. The Morgan fingerprint density at radius 2 is 1.31 bits per heavy atom. The van der Waals surface area contributed by atoms with E-state index in [1.807, 2.05) is 24.3 Å². The molecule has 0 atom stereocenters. The van der Waals surface area contributed by atoms with Gasteiger partial charge in [-0.15, -0.1) is 0 Å². The molecular formula is C30H44O2. The lowest BCUT2D eigenvalue weighted by Gasteiger charge is -2.22. The SMILES string of the molecule is CCCCC/C=C\C/C=C\C/C=C\C/C=C\CCCC(=O)Oc1ccccc1C(C)(C)C. The lowest BCUT2D eigenvalue weighted by Crippen LogP contribution is -2.16. The summed E-state index contributed by atoms with van der Waals surface area (Å²) in [5, 5.41) is 0. The van der Waals surface area contributed by atoms with E-state index in [0.29, 0.717) is 12.2 Å². The minimum Gasteiger partial charge on any atom is -0.426 e. The van der Waals surface area contributed by atoms with Crippen molar-refractivity contribution >= 4 is 5.97 Å². The molecule has 0 heterocycles. The highest BCUT2D eigenvalue weighted by atomic mass is 16.5. The molecule has 0 radical (unpaired) electrons. The van der Waals surface area contributed by atoms with Crippen LogP contribution in [0.4, 0.5) is 0 Å². The maximum absolute atomic E-state index is 12.2. The van der Waals surface area contributed by atoms with Gasteiger partial charge >= 0.3 is 5.97 Å². The maximum Gasteiger partial charge on any atom is 0.311 e. The average Bonchev–Trinajstić information content (AvgIpc) is 2.75. The molecule has 0 N–H and O–H groups in total. The molecule has 176 valence electrons. The van der Waals surface area contributed by atoms with Crippen LogP contribution in [0.5, 0.6) is 5.75 Å². The summed E-state index contributed by atoms with van der Waals surface area (Å²) in [4.78, 5) is 12.2. The Balaban J connectivity index is 2.12. The van der Waals surface area contributed by atoms with E-state index in [1.54, 1.807) is 0 Å². The van der Waals surface area contributed by atoms with Crippen molar-refractivity contribution in [3.05, 3.63) is 78.4 Å². The third-order valence-corrected chi connectivity index (χ3v) is 5.13. The minimum absolute atomic E-state index is 0.0478. The second-order valence-corrected chi connectivity index (χ2v) is 9.20. The smallest absolute Gasteiger partial charge is 0.311 e. The molecule has 2 nitrogen and oxygen atoms in total. The third kappa shape index (κ3) is 13.9. The number of ether oxygens (including phenoxy) is 1. The van der Waals surface area contributed by atoms with Gasteiger partial charge in [-0.3, -0.25) is 4.79 Å². The van der Waals surface area contributed by atoms with Crippen LogP contribution in [0.15, 0.2) is 72.9 Å². The second-order valence-electron chi connectivity index (χ2n) is 9.20. The summed E-state index contributed by atoms with van der Waals surface area (Å²) in [6, 6.07) is 7.81. The fourth-order valence-electron chi connectivity index (χ4n) is 3.27. The molecule has 2 heteroatoms. The Hall–Kier alpha value is -2.35. The molecule has 0 aromatic heterocycles. The van der Waals surface area contributed by atoms with Crippen molar-refractivity contribution in [2.24, 2.45) is 0 Å². The number of rotatable bonds is 15. The summed E-state index contributed by atoms with van der Waals surface area (Å²) in [5.41, 5.74) is 1.02. The van der Waals surface area contributed by atoms with Crippen molar-refractivity contribution in [2.75, 3.05) is 0 Å². The summed E-state index contributed by atoms with van der Waals surface area (Å²) in [6.45, 7) is 8.62. The summed E-state index contributed by atoms with van der Waals surface area (Å²) in [6.07, 6.45) is 28.0. The summed E-state index contributed by atoms with van der Waals surface area (Å²) < 4.78 is 5.62. The summed E-state index contributed by atoms with van der Waals surface area (Å²) in [5.74, 6) is 0.528. The number of carbonyl (C=O) groups is 1. The highest BCUT2D eigenvalue weighted by Gasteiger charge is 2.19. The predicted molar refractivity (Wildman–Crippen MR) is 139 cm³/mol. The van der Waals surface area contributed by atoms with E-state index in [1.165, 1.54) is 25.7 Å². The van der Waals surface area contributed by atoms with Gasteiger partial charge in [-0.2, -0.15) is 0 Å². The highest BCUT2D eigenvalue weighted by molar-refractivity contribution is 5.72. The van der Waals surface area contributed by atoms with Gasteiger partial charge in [0.25, 0.3) is 0 Å². The molecule has 1 aromatic rings. The summed E-state index contributed by atoms with van der Waals surface area (Å²) in [7, 11) is 0. The first-order valence-corrected chi connectivity index (χ1v) is 12.3. The van der Waals surface area contributed by atoms with Crippen LogP contribution in [0.1, 0.15) is 97.5 Å². The predicted octanol–water partition coefficient (Wildman–Crippen LogP) is 9.04. The van der Waals surface area contributed by atoms with E-state index < -0.39 is 0 Å². The van der Waals surface area contributed by atoms with Gasteiger partial charge < -0.3 is 4.74 Å². The molecule has 0 aliphatic carbocycles. The van der Waals surface area contributed by atoms with Gasteiger partial charge in [0, 0.05) is 12.0 Å². The highest BCUT2D eigenvalue weighted by Crippen LogP contribution is 2.31. The number of hydrogen-bond acceptors (Lipinski definition) is 2. The first-order valence-electron chi connectivity index (χ1n) is 12.3. The van der Waals surface area contributed by atoms with Crippen LogP contribution < -0.4 is 4.74 Å².